The predicted molar refractivity (Wildman–Crippen MR) is 60.0 cm³/mol. The molecule has 2 aromatic rings. The van der Waals surface area contributed by atoms with Gasteiger partial charge in [0.05, 0.1) is 11.2 Å². The van der Waals surface area contributed by atoms with Crippen LogP contribution in [0.5, 0.6) is 11.5 Å². The highest BCUT2D eigenvalue weighted by molar-refractivity contribution is 6.32. The Bertz CT molecular complexity index is 636. The summed E-state index contributed by atoms with van der Waals surface area (Å²) >= 11 is 6.01. The van der Waals surface area contributed by atoms with Gasteiger partial charge in [-0.2, -0.15) is 0 Å². The second kappa shape index (κ2) is 3.92. The Labute approximate surface area is 106 Å². The van der Waals surface area contributed by atoms with E-state index in [0.717, 1.165) is 6.20 Å². The topological polar surface area (TPSA) is 81.8 Å². The quantitative estimate of drug-likeness (QED) is 0.900. The van der Waals surface area contributed by atoms with E-state index in [4.69, 9.17) is 30.7 Å². The number of halogens is 1. The number of hydrogen-bond donors (Lipinski definition) is 1. The van der Waals surface area contributed by atoms with E-state index in [1.807, 2.05) is 0 Å². The van der Waals surface area contributed by atoms with Crippen molar-refractivity contribution in [3.05, 3.63) is 28.9 Å². The monoisotopic (exact) mass is 267 g/mol. The third kappa shape index (κ3) is 1.58. The summed E-state index contributed by atoms with van der Waals surface area (Å²) < 4.78 is 15.3. The van der Waals surface area contributed by atoms with E-state index in [-0.39, 0.29) is 18.1 Å². The van der Waals surface area contributed by atoms with Crippen LogP contribution in [0, 0.1) is 0 Å². The summed E-state index contributed by atoms with van der Waals surface area (Å²) in [6.07, 6.45) is 1.14. The van der Waals surface area contributed by atoms with Gasteiger partial charge in [-0.3, -0.25) is 0 Å². The Morgan fingerprint density at radius 1 is 1.39 bits per heavy atom. The molecule has 0 unspecified atom stereocenters. The normalized spacial score (nSPS) is 12.7. The Hall–Kier alpha value is -2.21. The molecule has 2 heterocycles. The largest absolute Gasteiger partial charge is 0.477 e. The van der Waals surface area contributed by atoms with Crippen LogP contribution < -0.4 is 9.47 Å². The summed E-state index contributed by atoms with van der Waals surface area (Å²) in [6, 6.07) is 3.14. The van der Waals surface area contributed by atoms with Crippen LogP contribution in [0.1, 0.15) is 10.4 Å². The first-order valence-corrected chi connectivity index (χ1v) is 5.32. The first-order chi connectivity index (χ1) is 8.66. The number of nitrogens with zero attached hydrogens (tertiary/aromatic N) is 1. The zero-order valence-electron chi connectivity index (χ0n) is 8.84. The first kappa shape index (κ1) is 10.9. The van der Waals surface area contributed by atoms with Gasteiger partial charge in [0.15, 0.2) is 17.3 Å². The number of aromatic carboxylic acids is 1. The minimum atomic E-state index is -1.12. The number of hydrogen-bond acceptors (Lipinski definition) is 5. The molecular formula is C11H6ClNO5. The van der Waals surface area contributed by atoms with Crippen molar-refractivity contribution < 1.29 is 23.9 Å². The molecular weight excluding hydrogens is 262 g/mol. The Balaban J connectivity index is 2.15. The molecule has 3 rings (SSSR count). The molecule has 6 nitrogen and oxygen atoms in total. The van der Waals surface area contributed by atoms with Crippen molar-refractivity contribution in [2.45, 2.75) is 0 Å². The smallest absolute Gasteiger partial charge is 0.341 e. The van der Waals surface area contributed by atoms with Crippen molar-refractivity contribution >= 4 is 17.6 Å². The molecule has 0 saturated carbocycles. The highest BCUT2D eigenvalue weighted by Crippen LogP contribution is 2.42. The first-order valence-electron chi connectivity index (χ1n) is 4.94. The fraction of sp³-hybridized carbons (Fsp3) is 0.0909. The van der Waals surface area contributed by atoms with Crippen LogP contribution in [0.25, 0.3) is 11.3 Å². The third-order valence-corrected chi connectivity index (χ3v) is 2.77. The van der Waals surface area contributed by atoms with Gasteiger partial charge >= 0.3 is 5.97 Å². The second-order valence-electron chi connectivity index (χ2n) is 3.57. The SMILES string of the molecule is O=C(O)c1cnoc1-c1cc(Cl)c2c(c1)OCO2. The zero-order chi connectivity index (χ0) is 12.7. The molecule has 18 heavy (non-hydrogen) atoms. The fourth-order valence-electron chi connectivity index (χ4n) is 1.70. The van der Waals surface area contributed by atoms with E-state index in [1.165, 1.54) is 0 Å². The number of carbonyl (C=O) groups is 1. The minimum Gasteiger partial charge on any atom is -0.477 e. The number of benzene rings is 1. The van der Waals surface area contributed by atoms with Gasteiger partial charge in [-0.1, -0.05) is 16.8 Å². The van der Waals surface area contributed by atoms with Crippen molar-refractivity contribution in [1.82, 2.24) is 5.16 Å². The molecule has 0 radical (unpaired) electrons. The number of carboxylic acid groups (broad SMARTS) is 1. The van der Waals surface area contributed by atoms with Crippen LogP contribution in [0.3, 0.4) is 0 Å². The highest BCUT2D eigenvalue weighted by Gasteiger charge is 2.23. The van der Waals surface area contributed by atoms with E-state index in [2.05, 4.69) is 5.16 Å². The summed E-state index contributed by atoms with van der Waals surface area (Å²) in [5, 5.41) is 12.8. The zero-order valence-corrected chi connectivity index (χ0v) is 9.60. The lowest BCUT2D eigenvalue weighted by molar-refractivity contribution is 0.0697. The fourth-order valence-corrected chi connectivity index (χ4v) is 1.96. The van der Waals surface area contributed by atoms with Crippen LogP contribution in [0.15, 0.2) is 22.9 Å². The molecule has 1 N–H and O–H groups in total. The van der Waals surface area contributed by atoms with E-state index < -0.39 is 5.97 Å². The van der Waals surface area contributed by atoms with Crippen LogP contribution in [-0.4, -0.2) is 23.0 Å². The van der Waals surface area contributed by atoms with Gasteiger partial charge in [0.1, 0.15) is 5.56 Å². The molecule has 1 aliphatic rings. The summed E-state index contributed by atoms with van der Waals surface area (Å²) in [5.74, 6) is -0.107. The maximum Gasteiger partial charge on any atom is 0.341 e. The van der Waals surface area contributed by atoms with Crippen molar-refractivity contribution in [3.8, 4) is 22.8 Å². The van der Waals surface area contributed by atoms with Crippen LogP contribution in [0.4, 0.5) is 0 Å². The summed E-state index contributed by atoms with van der Waals surface area (Å²) in [5.41, 5.74) is 0.434. The second-order valence-corrected chi connectivity index (χ2v) is 3.97. The maximum absolute atomic E-state index is 11.0. The molecule has 0 bridgehead atoms. The highest BCUT2D eigenvalue weighted by atomic mass is 35.5. The van der Waals surface area contributed by atoms with E-state index in [1.54, 1.807) is 12.1 Å². The molecule has 0 aliphatic carbocycles. The molecule has 0 saturated heterocycles. The van der Waals surface area contributed by atoms with Crippen molar-refractivity contribution in [2.24, 2.45) is 0 Å². The molecule has 1 aromatic carbocycles. The Morgan fingerprint density at radius 3 is 3.00 bits per heavy atom. The number of ether oxygens (including phenoxy) is 2. The lowest BCUT2D eigenvalue weighted by Crippen LogP contribution is -1.96. The minimum absolute atomic E-state index is 0.0371. The van der Waals surface area contributed by atoms with Crippen molar-refractivity contribution in [3.63, 3.8) is 0 Å². The van der Waals surface area contributed by atoms with Gasteiger partial charge < -0.3 is 19.1 Å². The summed E-state index contributed by atoms with van der Waals surface area (Å²) in [6.45, 7) is 0.0840. The van der Waals surface area contributed by atoms with E-state index in [0.29, 0.717) is 22.1 Å². The third-order valence-electron chi connectivity index (χ3n) is 2.49. The molecule has 1 aromatic heterocycles. The lowest BCUT2D eigenvalue weighted by Gasteiger charge is -2.02. The molecule has 92 valence electrons. The molecule has 1 aliphatic heterocycles. The van der Waals surface area contributed by atoms with Crippen LogP contribution in [-0.2, 0) is 0 Å². The maximum atomic E-state index is 11.0. The molecule has 0 fully saturated rings. The van der Waals surface area contributed by atoms with Crippen LogP contribution >= 0.6 is 11.6 Å². The molecule has 0 spiro atoms. The van der Waals surface area contributed by atoms with Crippen molar-refractivity contribution in [1.29, 1.82) is 0 Å². The molecule has 0 atom stereocenters. The van der Waals surface area contributed by atoms with Gasteiger partial charge in [-0.15, -0.1) is 0 Å². The average molecular weight is 268 g/mol. The number of rotatable bonds is 2. The predicted octanol–water partition coefficient (Wildman–Crippen LogP) is 2.42. The van der Waals surface area contributed by atoms with Gasteiger partial charge in [0, 0.05) is 5.56 Å². The standard InChI is InChI=1S/C11H6ClNO5/c12-7-1-5(2-8-10(7)17-4-16-8)9-6(11(14)15)3-13-18-9/h1-3H,4H2,(H,14,15). The Morgan fingerprint density at radius 2 is 2.22 bits per heavy atom. The van der Waals surface area contributed by atoms with Gasteiger partial charge in [0.2, 0.25) is 6.79 Å². The van der Waals surface area contributed by atoms with E-state index >= 15 is 0 Å². The lowest BCUT2D eigenvalue weighted by atomic mass is 10.1. The molecule has 7 heteroatoms. The van der Waals surface area contributed by atoms with Gasteiger partial charge in [-0.05, 0) is 12.1 Å². The van der Waals surface area contributed by atoms with Gasteiger partial charge in [-0.25, -0.2) is 4.79 Å². The summed E-state index contributed by atoms with van der Waals surface area (Å²) in [7, 11) is 0. The van der Waals surface area contributed by atoms with Crippen LogP contribution in [0.2, 0.25) is 5.02 Å². The number of carboxylic acids is 1. The Kier molecular flexibility index (Phi) is 2.38. The molecule has 0 amide bonds. The van der Waals surface area contributed by atoms with E-state index in [9.17, 15) is 4.79 Å². The number of aromatic nitrogens is 1. The summed E-state index contributed by atoms with van der Waals surface area (Å²) in [4.78, 5) is 11.0. The average Bonchev–Trinajstić information content (AvgIpc) is 2.97. The van der Waals surface area contributed by atoms with Gasteiger partial charge in [0.25, 0.3) is 0 Å². The van der Waals surface area contributed by atoms with Crippen molar-refractivity contribution in [2.75, 3.05) is 6.79 Å². The number of fused-ring (bicyclic) bond motifs is 1.